The molecule has 0 aliphatic heterocycles. The Morgan fingerprint density at radius 1 is 1.26 bits per heavy atom. The molecule has 27 heavy (non-hydrogen) atoms. The van der Waals surface area contributed by atoms with Gasteiger partial charge in [0.15, 0.2) is 0 Å². The van der Waals surface area contributed by atoms with E-state index in [1.807, 2.05) is 27.7 Å². The number of hydrogen-bond donors (Lipinski definition) is 1. The zero-order valence-electron chi connectivity index (χ0n) is 16.3. The molecule has 1 aliphatic rings. The van der Waals surface area contributed by atoms with Gasteiger partial charge in [-0.1, -0.05) is 25.0 Å². The average Bonchev–Trinajstić information content (AvgIpc) is 3.23. The van der Waals surface area contributed by atoms with E-state index in [0.717, 1.165) is 34.0 Å². The molecule has 1 amide bonds. The van der Waals surface area contributed by atoms with Crippen LogP contribution in [-0.4, -0.2) is 16.7 Å². The molecule has 4 nitrogen and oxygen atoms in total. The van der Waals surface area contributed by atoms with E-state index < -0.39 is 11.7 Å². The number of benzene rings is 1. The number of thiazole rings is 1. The summed E-state index contributed by atoms with van der Waals surface area (Å²) in [7, 11) is 0. The van der Waals surface area contributed by atoms with Gasteiger partial charge in [-0.3, -0.25) is 0 Å². The molecule has 1 N–H and O–H groups in total. The van der Waals surface area contributed by atoms with E-state index in [0.29, 0.717) is 5.92 Å². The number of aromatic nitrogens is 1. The van der Waals surface area contributed by atoms with Crippen LogP contribution in [-0.2, 0) is 4.74 Å². The van der Waals surface area contributed by atoms with Crippen LogP contribution >= 0.6 is 11.3 Å². The molecule has 0 radical (unpaired) electrons. The monoisotopic (exact) mass is 390 g/mol. The van der Waals surface area contributed by atoms with Crippen LogP contribution in [0.3, 0.4) is 0 Å². The van der Waals surface area contributed by atoms with Crippen molar-refractivity contribution in [3.63, 3.8) is 0 Å². The Bertz CT molecular complexity index is 790. The van der Waals surface area contributed by atoms with E-state index in [1.54, 1.807) is 23.5 Å². The van der Waals surface area contributed by atoms with Gasteiger partial charge >= 0.3 is 6.09 Å². The first-order chi connectivity index (χ1) is 12.7. The number of nitrogens with one attached hydrogen (secondary N) is 1. The molecule has 146 valence electrons. The predicted octanol–water partition coefficient (Wildman–Crippen LogP) is 6.19. The number of carbonyl (C=O) groups excluding carboxylic acids is 1. The molecule has 0 unspecified atom stereocenters. The van der Waals surface area contributed by atoms with Crippen LogP contribution in [0.25, 0.3) is 10.4 Å². The van der Waals surface area contributed by atoms with Crippen molar-refractivity contribution >= 4 is 17.4 Å². The fraction of sp³-hybridized carbons (Fsp3) is 0.524. The summed E-state index contributed by atoms with van der Waals surface area (Å²) in [5, 5.41) is 3.72. The summed E-state index contributed by atoms with van der Waals surface area (Å²) in [4.78, 5) is 18.1. The lowest BCUT2D eigenvalue weighted by Gasteiger charge is -2.21. The molecular formula is C21H27FN2O2S. The summed E-state index contributed by atoms with van der Waals surface area (Å²) >= 11 is 1.57. The largest absolute Gasteiger partial charge is 0.444 e. The van der Waals surface area contributed by atoms with Gasteiger partial charge in [0.2, 0.25) is 0 Å². The standard InChI is InChI=1S/C21H27FN2O2S/c1-13(23-20(25)26-21(2,3)4)19-24-17(14-7-5-6-8-14)18(27-19)15-9-11-16(22)12-10-15/h9-14H,5-8H2,1-4H3,(H,23,25)/t13-/m0/s1. The summed E-state index contributed by atoms with van der Waals surface area (Å²) in [5.74, 6) is 0.189. The Kier molecular flexibility index (Phi) is 5.84. The summed E-state index contributed by atoms with van der Waals surface area (Å²) in [5.41, 5.74) is 1.52. The quantitative estimate of drug-likeness (QED) is 0.677. The van der Waals surface area contributed by atoms with Crippen LogP contribution < -0.4 is 5.32 Å². The lowest BCUT2D eigenvalue weighted by molar-refractivity contribution is 0.0508. The van der Waals surface area contributed by atoms with Gasteiger partial charge in [-0.05, 0) is 58.2 Å². The maximum Gasteiger partial charge on any atom is 0.408 e. The van der Waals surface area contributed by atoms with E-state index in [1.165, 1.54) is 25.0 Å². The molecule has 0 spiro atoms. The van der Waals surface area contributed by atoms with Gasteiger partial charge in [0.05, 0.1) is 16.6 Å². The summed E-state index contributed by atoms with van der Waals surface area (Å²) in [6.07, 6.45) is 4.24. The van der Waals surface area contributed by atoms with Crippen LogP contribution in [0.2, 0.25) is 0 Å². The second kappa shape index (κ2) is 7.97. The Hall–Kier alpha value is -1.95. The second-order valence-corrected chi connectivity index (χ2v) is 9.15. The third-order valence-electron chi connectivity index (χ3n) is 4.62. The van der Waals surface area contributed by atoms with Crippen LogP contribution in [0.4, 0.5) is 9.18 Å². The fourth-order valence-electron chi connectivity index (χ4n) is 3.36. The highest BCUT2D eigenvalue weighted by atomic mass is 32.1. The van der Waals surface area contributed by atoms with Crippen molar-refractivity contribution in [1.82, 2.24) is 10.3 Å². The van der Waals surface area contributed by atoms with E-state index in [2.05, 4.69) is 5.32 Å². The molecule has 3 rings (SSSR count). The first kappa shape index (κ1) is 19.8. The van der Waals surface area contributed by atoms with Crippen LogP contribution in [0, 0.1) is 5.82 Å². The van der Waals surface area contributed by atoms with Gasteiger partial charge in [-0.15, -0.1) is 11.3 Å². The Labute approximate surface area is 164 Å². The summed E-state index contributed by atoms with van der Waals surface area (Å²) in [6, 6.07) is 6.32. The van der Waals surface area contributed by atoms with Gasteiger partial charge in [0, 0.05) is 5.92 Å². The number of ether oxygens (including phenoxy) is 1. The van der Waals surface area contributed by atoms with Gasteiger partial charge in [0.1, 0.15) is 16.4 Å². The molecule has 6 heteroatoms. The first-order valence-electron chi connectivity index (χ1n) is 9.49. The SMILES string of the molecule is C[C@H](NC(=O)OC(C)(C)C)c1nc(C2CCCC2)c(-c2ccc(F)cc2)s1. The third kappa shape index (κ3) is 5.06. The molecule has 1 atom stereocenters. The molecule has 0 bridgehead atoms. The van der Waals surface area contributed by atoms with Gasteiger partial charge < -0.3 is 10.1 Å². The van der Waals surface area contributed by atoms with E-state index >= 15 is 0 Å². The van der Waals surface area contributed by atoms with Crippen molar-refractivity contribution in [2.75, 3.05) is 0 Å². The molecular weight excluding hydrogens is 363 g/mol. The molecule has 1 aliphatic carbocycles. The van der Waals surface area contributed by atoms with Crippen molar-refractivity contribution in [3.05, 3.63) is 40.8 Å². The minimum atomic E-state index is -0.541. The topological polar surface area (TPSA) is 51.2 Å². The molecule has 1 aromatic carbocycles. The zero-order chi connectivity index (χ0) is 19.6. The number of halogens is 1. The van der Waals surface area contributed by atoms with E-state index in [9.17, 15) is 9.18 Å². The number of hydrogen-bond acceptors (Lipinski definition) is 4. The predicted molar refractivity (Wildman–Crippen MR) is 107 cm³/mol. The maximum atomic E-state index is 13.3. The van der Waals surface area contributed by atoms with Crippen molar-refractivity contribution in [2.45, 2.75) is 70.9 Å². The number of rotatable bonds is 4. The number of nitrogens with zero attached hydrogens (tertiary/aromatic N) is 1. The van der Waals surface area contributed by atoms with Gasteiger partial charge in [0.25, 0.3) is 0 Å². The van der Waals surface area contributed by atoms with Gasteiger partial charge in [-0.25, -0.2) is 14.2 Å². The molecule has 1 saturated carbocycles. The average molecular weight is 391 g/mol. The Balaban J connectivity index is 1.86. The Morgan fingerprint density at radius 3 is 2.48 bits per heavy atom. The second-order valence-electron chi connectivity index (χ2n) is 8.12. The highest BCUT2D eigenvalue weighted by Gasteiger charge is 2.27. The van der Waals surface area contributed by atoms with Crippen LogP contribution in [0.1, 0.15) is 76.0 Å². The minimum absolute atomic E-state index is 0.245. The van der Waals surface area contributed by atoms with E-state index in [-0.39, 0.29) is 11.9 Å². The van der Waals surface area contributed by atoms with Crippen molar-refractivity contribution in [1.29, 1.82) is 0 Å². The number of carbonyl (C=O) groups is 1. The van der Waals surface area contributed by atoms with Crippen molar-refractivity contribution < 1.29 is 13.9 Å². The number of amides is 1. The van der Waals surface area contributed by atoms with Crippen LogP contribution in [0.15, 0.2) is 24.3 Å². The lowest BCUT2D eigenvalue weighted by Crippen LogP contribution is -2.34. The van der Waals surface area contributed by atoms with Gasteiger partial charge in [-0.2, -0.15) is 0 Å². The molecule has 1 fully saturated rings. The Morgan fingerprint density at radius 2 is 1.89 bits per heavy atom. The lowest BCUT2D eigenvalue weighted by atomic mass is 10.00. The smallest absolute Gasteiger partial charge is 0.408 e. The summed E-state index contributed by atoms with van der Waals surface area (Å²) in [6.45, 7) is 7.43. The van der Waals surface area contributed by atoms with E-state index in [4.69, 9.17) is 9.72 Å². The highest BCUT2D eigenvalue weighted by molar-refractivity contribution is 7.15. The summed E-state index contributed by atoms with van der Waals surface area (Å²) < 4.78 is 18.7. The minimum Gasteiger partial charge on any atom is -0.444 e. The maximum absolute atomic E-state index is 13.3. The fourth-order valence-corrected chi connectivity index (χ4v) is 4.52. The first-order valence-corrected chi connectivity index (χ1v) is 10.3. The van der Waals surface area contributed by atoms with Crippen LogP contribution in [0.5, 0.6) is 0 Å². The molecule has 1 aromatic heterocycles. The zero-order valence-corrected chi connectivity index (χ0v) is 17.2. The number of alkyl carbamates (subject to hydrolysis) is 1. The third-order valence-corrected chi connectivity index (χ3v) is 5.92. The molecule has 0 saturated heterocycles. The van der Waals surface area contributed by atoms with Crippen molar-refractivity contribution in [2.24, 2.45) is 0 Å². The highest BCUT2D eigenvalue weighted by Crippen LogP contribution is 2.42. The normalized spacial score (nSPS) is 16.3. The molecule has 2 aromatic rings. The molecule has 1 heterocycles. The van der Waals surface area contributed by atoms with Crippen molar-refractivity contribution in [3.8, 4) is 10.4 Å².